The van der Waals surface area contributed by atoms with Gasteiger partial charge < -0.3 is 15.4 Å². The molecule has 1 aromatic carbocycles. The average molecular weight is 397 g/mol. The quantitative estimate of drug-likeness (QED) is 0.715. The van der Waals surface area contributed by atoms with Crippen LogP contribution in [-0.4, -0.2) is 35.3 Å². The third-order valence-corrected chi connectivity index (χ3v) is 4.59. The van der Waals surface area contributed by atoms with Crippen molar-refractivity contribution in [1.82, 2.24) is 4.90 Å². The number of primary amides is 1. The highest BCUT2D eigenvalue weighted by atomic mass is 79.9. The molecule has 0 aliphatic carbocycles. The van der Waals surface area contributed by atoms with Crippen LogP contribution in [0.25, 0.3) is 0 Å². The Kier molecular flexibility index (Phi) is 5.99. The molecule has 6 nitrogen and oxygen atoms in total. The summed E-state index contributed by atoms with van der Waals surface area (Å²) in [4.78, 5) is 37.5. The van der Waals surface area contributed by atoms with Gasteiger partial charge in [0.2, 0.25) is 5.91 Å². The Morgan fingerprint density at radius 2 is 2.08 bits per heavy atom. The van der Waals surface area contributed by atoms with E-state index in [1.54, 1.807) is 12.1 Å². The highest BCUT2D eigenvalue weighted by Gasteiger charge is 2.36. The minimum absolute atomic E-state index is 0.0433. The van der Waals surface area contributed by atoms with Crippen molar-refractivity contribution in [3.05, 3.63) is 33.8 Å². The van der Waals surface area contributed by atoms with E-state index in [0.29, 0.717) is 18.7 Å². The first kappa shape index (κ1) is 18.4. The molecule has 2 N–H and O–H groups in total. The van der Waals surface area contributed by atoms with Crippen LogP contribution in [0.5, 0.6) is 0 Å². The zero-order valence-electron chi connectivity index (χ0n) is 13.8. The predicted molar refractivity (Wildman–Crippen MR) is 92.0 cm³/mol. The van der Waals surface area contributed by atoms with Gasteiger partial charge in [0.25, 0.3) is 5.91 Å². The topological polar surface area (TPSA) is 89.7 Å². The molecule has 2 rings (SSSR count). The van der Waals surface area contributed by atoms with Crippen LogP contribution in [0.15, 0.2) is 22.7 Å². The zero-order chi connectivity index (χ0) is 17.9. The van der Waals surface area contributed by atoms with Gasteiger partial charge in [-0.1, -0.05) is 35.8 Å². The third-order valence-electron chi connectivity index (χ3n) is 3.84. The number of rotatable bonds is 7. The Balaban J connectivity index is 2.05. The highest BCUT2D eigenvalue weighted by Crippen LogP contribution is 2.31. The smallest absolute Gasteiger partial charge is 0.305 e. The summed E-state index contributed by atoms with van der Waals surface area (Å²) in [5, 5.41) is 0. The first-order valence-electron chi connectivity index (χ1n) is 7.84. The lowest BCUT2D eigenvalue weighted by molar-refractivity contribution is -0.145. The molecule has 0 fully saturated rings. The lowest BCUT2D eigenvalue weighted by atomic mass is 10.1. The second-order valence-electron chi connectivity index (χ2n) is 6.23. The average Bonchev–Trinajstić information content (AvgIpc) is 2.84. The maximum atomic E-state index is 12.5. The molecular weight excluding hydrogens is 376 g/mol. The third kappa shape index (κ3) is 4.14. The number of nitrogens with zero attached hydrogens (tertiary/aromatic N) is 1. The number of fused-ring (bicyclic) bond motifs is 1. The summed E-state index contributed by atoms with van der Waals surface area (Å²) >= 11 is 3.42. The zero-order valence-corrected chi connectivity index (χ0v) is 15.3. The fraction of sp³-hybridized carbons (Fsp3) is 0.471. The molecule has 7 heteroatoms. The maximum absolute atomic E-state index is 12.5. The van der Waals surface area contributed by atoms with Crippen molar-refractivity contribution >= 4 is 33.7 Å². The summed E-state index contributed by atoms with van der Waals surface area (Å²) < 4.78 is 5.92. The molecule has 0 bridgehead atoms. The van der Waals surface area contributed by atoms with Crippen molar-refractivity contribution < 1.29 is 19.1 Å². The summed E-state index contributed by atoms with van der Waals surface area (Å²) in [5.41, 5.74) is 6.85. The van der Waals surface area contributed by atoms with Crippen molar-refractivity contribution in [3.8, 4) is 0 Å². The standard InChI is InChI=1S/C17H21BrN2O4/c1-10(2)9-24-15(21)7-6-14(16(19)22)20-8-12-11(17(20)23)4-3-5-13(12)18/h3-5,10,14H,6-9H2,1-2H3,(H2,19,22). The van der Waals surface area contributed by atoms with E-state index in [4.69, 9.17) is 10.5 Å². The summed E-state index contributed by atoms with van der Waals surface area (Å²) in [6.45, 7) is 4.51. The molecule has 1 atom stereocenters. The van der Waals surface area contributed by atoms with E-state index in [2.05, 4.69) is 15.9 Å². The van der Waals surface area contributed by atoms with Gasteiger partial charge in [0, 0.05) is 23.0 Å². The SMILES string of the molecule is CC(C)COC(=O)CCC(C(N)=O)N1Cc2c(Br)cccc2C1=O. The lowest BCUT2D eigenvalue weighted by Gasteiger charge is -2.24. The Bertz CT molecular complexity index is 660. The Morgan fingerprint density at radius 3 is 2.67 bits per heavy atom. The summed E-state index contributed by atoms with van der Waals surface area (Å²) in [7, 11) is 0. The molecule has 0 radical (unpaired) electrons. The van der Waals surface area contributed by atoms with E-state index in [-0.39, 0.29) is 30.6 Å². The molecule has 0 spiro atoms. The van der Waals surface area contributed by atoms with Crippen LogP contribution in [0, 0.1) is 5.92 Å². The van der Waals surface area contributed by atoms with Gasteiger partial charge in [-0.05, 0) is 30.0 Å². The van der Waals surface area contributed by atoms with E-state index >= 15 is 0 Å². The van der Waals surface area contributed by atoms with Gasteiger partial charge in [0.15, 0.2) is 0 Å². The molecular formula is C17H21BrN2O4. The summed E-state index contributed by atoms with van der Waals surface area (Å²) in [6, 6.07) is 4.51. The summed E-state index contributed by atoms with van der Waals surface area (Å²) in [5.74, 6) is -1.01. The molecule has 2 amide bonds. The van der Waals surface area contributed by atoms with Crippen LogP contribution < -0.4 is 5.73 Å². The second-order valence-corrected chi connectivity index (χ2v) is 7.09. The number of carbonyl (C=O) groups excluding carboxylic acids is 3. The van der Waals surface area contributed by atoms with Crippen LogP contribution in [0.4, 0.5) is 0 Å². The van der Waals surface area contributed by atoms with Crippen LogP contribution in [-0.2, 0) is 20.9 Å². The normalized spacial score (nSPS) is 14.7. The second kappa shape index (κ2) is 7.79. The van der Waals surface area contributed by atoms with Gasteiger partial charge in [-0.25, -0.2) is 0 Å². The van der Waals surface area contributed by atoms with Crippen molar-refractivity contribution in [3.63, 3.8) is 0 Å². The number of ether oxygens (including phenoxy) is 1. The van der Waals surface area contributed by atoms with Crippen molar-refractivity contribution in [2.45, 2.75) is 39.3 Å². The van der Waals surface area contributed by atoms with Crippen molar-refractivity contribution in [2.75, 3.05) is 6.61 Å². The number of amides is 2. The number of esters is 1. The van der Waals surface area contributed by atoms with E-state index in [1.165, 1.54) is 4.90 Å². The molecule has 1 aliphatic rings. The first-order chi connectivity index (χ1) is 11.3. The van der Waals surface area contributed by atoms with Crippen LogP contribution in [0.1, 0.15) is 42.6 Å². The van der Waals surface area contributed by atoms with Crippen LogP contribution >= 0.6 is 15.9 Å². The van der Waals surface area contributed by atoms with E-state index in [1.807, 2.05) is 19.9 Å². The molecule has 1 unspecified atom stereocenters. The number of carbonyl (C=O) groups is 3. The molecule has 0 saturated carbocycles. The molecule has 0 aromatic heterocycles. The van der Waals surface area contributed by atoms with Gasteiger partial charge in [-0.2, -0.15) is 0 Å². The van der Waals surface area contributed by atoms with E-state index in [9.17, 15) is 14.4 Å². The van der Waals surface area contributed by atoms with Crippen molar-refractivity contribution in [1.29, 1.82) is 0 Å². The fourth-order valence-electron chi connectivity index (χ4n) is 2.61. The summed E-state index contributed by atoms with van der Waals surface area (Å²) in [6.07, 6.45) is 0.200. The first-order valence-corrected chi connectivity index (χ1v) is 8.63. The van der Waals surface area contributed by atoms with E-state index < -0.39 is 11.9 Å². The molecule has 130 valence electrons. The van der Waals surface area contributed by atoms with Gasteiger partial charge in [0.1, 0.15) is 6.04 Å². The number of halogens is 1. The maximum Gasteiger partial charge on any atom is 0.305 e. The fourth-order valence-corrected chi connectivity index (χ4v) is 3.10. The lowest BCUT2D eigenvalue weighted by Crippen LogP contribution is -2.45. The molecule has 24 heavy (non-hydrogen) atoms. The molecule has 1 heterocycles. The minimum atomic E-state index is -0.830. The Labute approximate surface area is 149 Å². The van der Waals surface area contributed by atoms with Gasteiger partial charge in [-0.3, -0.25) is 14.4 Å². The Morgan fingerprint density at radius 1 is 1.38 bits per heavy atom. The largest absolute Gasteiger partial charge is 0.465 e. The van der Waals surface area contributed by atoms with Gasteiger partial charge in [-0.15, -0.1) is 0 Å². The number of benzene rings is 1. The Hall–Kier alpha value is -1.89. The molecule has 1 aliphatic heterocycles. The highest BCUT2D eigenvalue weighted by molar-refractivity contribution is 9.10. The molecule has 1 aromatic rings. The number of hydrogen-bond donors (Lipinski definition) is 1. The van der Waals surface area contributed by atoms with Gasteiger partial charge in [0.05, 0.1) is 6.61 Å². The number of nitrogens with two attached hydrogens (primary N) is 1. The van der Waals surface area contributed by atoms with Crippen LogP contribution in [0.2, 0.25) is 0 Å². The van der Waals surface area contributed by atoms with Crippen LogP contribution in [0.3, 0.4) is 0 Å². The minimum Gasteiger partial charge on any atom is -0.465 e. The van der Waals surface area contributed by atoms with Crippen molar-refractivity contribution in [2.24, 2.45) is 11.7 Å². The molecule has 0 saturated heterocycles. The van der Waals surface area contributed by atoms with E-state index in [0.717, 1.165) is 10.0 Å². The monoisotopic (exact) mass is 396 g/mol. The predicted octanol–water partition coefficient (Wildman–Crippen LogP) is 2.24. The van der Waals surface area contributed by atoms with Gasteiger partial charge >= 0.3 is 5.97 Å². The number of hydrogen-bond acceptors (Lipinski definition) is 4.